The van der Waals surface area contributed by atoms with E-state index in [1.807, 2.05) is 12.8 Å². The maximum absolute atomic E-state index is 9.99. The molecule has 0 aliphatic heterocycles. The predicted molar refractivity (Wildman–Crippen MR) is 51.5 cm³/mol. The van der Waals surface area contributed by atoms with E-state index in [4.69, 9.17) is 19.1 Å². The molecule has 0 bridgehead atoms. The third-order valence-corrected chi connectivity index (χ3v) is 1.03. The molecule has 17 heavy (non-hydrogen) atoms. The van der Waals surface area contributed by atoms with Crippen LogP contribution in [0.1, 0.15) is 19.3 Å². The fourth-order valence-electron chi connectivity index (χ4n) is 0.564. The van der Waals surface area contributed by atoms with Gasteiger partial charge in [0.25, 0.3) is 0 Å². The largest absolute Gasteiger partial charge is 0.481 e. The number of aliphatic carboxylic acids is 1. The van der Waals surface area contributed by atoms with E-state index < -0.39 is 5.97 Å². The molecule has 0 aliphatic carbocycles. The Kier molecular flexibility index (Phi) is 80.0. The van der Waals surface area contributed by atoms with Crippen molar-refractivity contribution in [2.45, 2.75) is 19.3 Å². The van der Waals surface area contributed by atoms with Crippen molar-refractivity contribution in [1.29, 1.82) is 0 Å². The molecule has 1 N–H and O–H groups in total. The molecule has 5 nitrogen and oxygen atoms in total. The van der Waals surface area contributed by atoms with Crippen molar-refractivity contribution in [3.63, 3.8) is 0 Å². The van der Waals surface area contributed by atoms with E-state index in [-0.39, 0.29) is 23.5 Å². The molecule has 94 valence electrons. The van der Waals surface area contributed by atoms with Crippen molar-refractivity contribution in [3.05, 3.63) is 46.1 Å². The fraction of sp³-hybridized carbons (Fsp3) is 0.273. The van der Waals surface area contributed by atoms with Crippen LogP contribution in [0.25, 0.3) is 0 Å². The molecule has 0 heterocycles. The van der Waals surface area contributed by atoms with Crippen molar-refractivity contribution < 1.29 is 40.9 Å². The van der Waals surface area contributed by atoms with E-state index in [0.29, 0.717) is 6.42 Å². The number of carboxylic acid groups (broad SMARTS) is 1. The van der Waals surface area contributed by atoms with Crippen LogP contribution in [-0.2, 0) is 35.8 Å². The summed E-state index contributed by atoms with van der Waals surface area (Å²) in [5, 5.41) is 8.23. The van der Waals surface area contributed by atoms with Gasteiger partial charge in [-0.05, 0) is 39.0 Å². The predicted octanol–water partition coefficient (Wildman–Crippen LogP) is 1.57. The van der Waals surface area contributed by atoms with Gasteiger partial charge < -0.3 is 5.11 Å². The van der Waals surface area contributed by atoms with Crippen LogP contribution in [0.15, 0.2) is 0 Å². The number of hydrogen-bond donors (Lipinski definition) is 1. The van der Waals surface area contributed by atoms with Crippen LogP contribution >= 0.6 is 0 Å². The zero-order valence-electron chi connectivity index (χ0n) is 8.99. The second-order valence-corrected chi connectivity index (χ2v) is 1.95. The molecular formula is C11H12FeO5. The summed E-state index contributed by atoms with van der Waals surface area (Å²) in [6.07, 6.45) is 7.19. The van der Waals surface area contributed by atoms with Gasteiger partial charge in [-0.1, -0.05) is 0 Å². The molecular weight excluding hydrogens is 268 g/mol. The van der Waals surface area contributed by atoms with Crippen LogP contribution in [0, 0.1) is 46.1 Å². The average molecular weight is 280 g/mol. The summed E-state index contributed by atoms with van der Waals surface area (Å²) in [6.45, 7) is 17.0. The van der Waals surface area contributed by atoms with Gasteiger partial charge in [0, 0.05) is 23.5 Å². The Labute approximate surface area is 113 Å². The molecule has 0 amide bonds. The molecule has 0 fully saturated rings. The van der Waals surface area contributed by atoms with Crippen molar-refractivity contribution in [2.24, 2.45) is 0 Å². The second-order valence-electron chi connectivity index (χ2n) is 1.95. The third-order valence-electron chi connectivity index (χ3n) is 1.03. The average Bonchev–Trinajstić information content (AvgIpc) is 2.36. The molecule has 0 aromatic heterocycles. The maximum Gasteiger partial charge on any atom is 0.303 e. The topological polar surface area (TPSA) is 97.0 Å². The normalized spacial score (nSPS) is 6.06. The smallest absolute Gasteiger partial charge is 0.303 e. The fourth-order valence-corrected chi connectivity index (χ4v) is 0.564. The van der Waals surface area contributed by atoms with Crippen LogP contribution in [0.2, 0.25) is 0 Å². The third kappa shape index (κ3) is 68.8. The Morgan fingerprint density at radius 2 is 1.59 bits per heavy atom. The summed E-state index contributed by atoms with van der Waals surface area (Å²) in [4.78, 5) is 9.99. The Morgan fingerprint density at radius 1 is 1.18 bits per heavy atom. The molecule has 0 spiro atoms. The number of hydrogen-bond acceptors (Lipinski definition) is 1. The van der Waals surface area contributed by atoms with Crippen molar-refractivity contribution in [3.8, 4) is 0 Å². The Bertz CT molecular complexity index is 172. The molecule has 0 saturated carbocycles. The summed E-state index contributed by atoms with van der Waals surface area (Å²) < 4.78 is 22.5. The van der Waals surface area contributed by atoms with Crippen molar-refractivity contribution in [1.82, 2.24) is 0 Å². The number of rotatable bonds is 6. The first-order valence-corrected chi connectivity index (χ1v) is 3.88. The van der Waals surface area contributed by atoms with E-state index in [0.717, 1.165) is 6.42 Å². The standard InChI is InChI=1S/C8H12O2.3CO.Fe/c1-2-3-4-5-6-7-8(9)10;3*1-2;/h2-4H,1,5-7H2,(H,9,10);;;;. The first-order valence-electron chi connectivity index (χ1n) is 3.88. The second kappa shape index (κ2) is 45.6. The summed E-state index contributed by atoms with van der Waals surface area (Å²) >= 11 is 0. The SMILES string of the molecule is [C-]#[O+].[C-]#[O+].[C-]#[O+].[CH2][CH][CH][CH]CCCC(=O)O.[Fe]. The molecule has 0 atom stereocenters. The number of carbonyl (C=O) groups is 1. The Balaban J connectivity index is -0.0000000594. The molecule has 0 aromatic carbocycles. The van der Waals surface area contributed by atoms with Gasteiger partial charge >= 0.3 is 39.9 Å². The van der Waals surface area contributed by atoms with Crippen LogP contribution in [0.4, 0.5) is 0 Å². The molecule has 6 heteroatoms. The van der Waals surface area contributed by atoms with Crippen LogP contribution < -0.4 is 0 Å². The Morgan fingerprint density at radius 3 is 1.88 bits per heavy atom. The van der Waals surface area contributed by atoms with Crippen molar-refractivity contribution in [2.75, 3.05) is 0 Å². The molecule has 0 rings (SSSR count). The van der Waals surface area contributed by atoms with Gasteiger partial charge in [-0.2, -0.15) is 0 Å². The van der Waals surface area contributed by atoms with Gasteiger partial charge in [0.05, 0.1) is 0 Å². The van der Waals surface area contributed by atoms with Gasteiger partial charge in [0.1, 0.15) is 0 Å². The molecule has 0 aromatic rings. The zero-order valence-corrected chi connectivity index (χ0v) is 10.1. The van der Waals surface area contributed by atoms with Crippen LogP contribution in [0.3, 0.4) is 0 Å². The quantitative estimate of drug-likeness (QED) is 0.346. The number of carboxylic acids is 1. The number of unbranched alkanes of at least 4 members (excludes halogenated alkanes) is 4. The first-order chi connectivity index (χ1) is 7.77. The van der Waals surface area contributed by atoms with Gasteiger partial charge in [-0.25, -0.2) is 0 Å². The monoisotopic (exact) mass is 280 g/mol. The summed E-state index contributed by atoms with van der Waals surface area (Å²) in [5.74, 6) is -0.730. The van der Waals surface area contributed by atoms with Gasteiger partial charge in [-0.15, -0.1) is 0 Å². The van der Waals surface area contributed by atoms with E-state index >= 15 is 0 Å². The van der Waals surface area contributed by atoms with Crippen LogP contribution in [-0.4, -0.2) is 11.1 Å². The molecule has 0 saturated heterocycles. The minimum atomic E-state index is -0.730. The van der Waals surface area contributed by atoms with Gasteiger partial charge in [0.15, 0.2) is 0 Å². The summed E-state index contributed by atoms with van der Waals surface area (Å²) in [6, 6.07) is 0. The van der Waals surface area contributed by atoms with Crippen molar-refractivity contribution >= 4 is 5.97 Å². The van der Waals surface area contributed by atoms with E-state index in [1.54, 1.807) is 6.42 Å². The summed E-state index contributed by atoms with van der Waals surface area (Å²) in [5.41, 5.74) is 0. The van der Waals surface area contributed by atoms with E-state index in [9.17, 15) is 4.79 Å². The van der Waals surface area contributed by atoms with E-state index in [2.05, 4.69) is 26.9 Å². The molecule has 0 aliphatic rings. The maximum atomic E-state index is 9.99. The summed E-state index contributed by atoms with van der Waals surface area (Å²) in [7, 11) is 0. The minimum absolute atomic E-state index is 0. The van der Waals surface area contributed by atoms with Crippen LogP contribution in [0.5, 0.6) is 0 Å². The minimum Gasteiger partial charge on any atom is -0.481 e. The first kappa shape index (κ1) is 29.8. The zero-order chi connectivity index (χ0) is 13.8. The van der Waals surface area contributed by atoms with Gasteiger partial charge in [-0.3, -0.25) is 4.79 Å². The van der Waals surface area contributed by atoms with Gasteiger partial charge in [0.2, 0.25) is 0 Å². The molecule has 0 unspecified atom stereocenters. The van der Waals surface area contributed by atoms with E-state index in [1.165, 1.54) is 0 Å². The Hall–Kier alpha value is -0.791. The molecule has 4 radical (unpaired) electrons.